The molecule has 6 heteroatoms. The lowest BCUT2D eigenvalue weighted by atomic mass is 10.1. The van der Waals surface area contributed by atoms with Gasteiger partial charge in [-0.25, -0.2) is 0 Å². The van der Waals surface area contributed by atoms with Crippen molar-refractivity contribution < 1.29 is 14.3 Å². The van der Waals surface area contributed by atoms with Gasteiger partial charge in [0.05, 0.1) is 17.8 Å². The number of rotatable bonds is 6. The van der Waals surface area contributed by atoms with Crippen LogP contribution in [-0.4, -0.2) is 30.1 Å². The Morgan fingerprint density at radius 1 is 1.32 bits per heavy atom. The molecule has 1 saturated heterocycles. The van der Waals surface area contributed by atoms with Gasteiger partial charge < -0.3 is 15.4 Å². The molecule has 3 rings (SSSR count). The number of nitrogens with one attached hydrogen (secondary N) is 2. The molecule has 2 atom stereocenters. The van der Waals surface area contributed by atoms with Gasteiger partial charge >= 0.3 is 0 Å². The molecule has 2 fully saturated rings. The number of thiophene rings is 1. The highest BCUT2D eigenvalue weighted by Gasteiger charge is 2.26. The van der Waals surface area contributed by atoms with Crippen molar-refractivity contribution in [3.05, 3.63) is 17.0 Å². The summed E-state index contributed by atoms with van der Waals surface area (Å²) >= 11 is 1.39. The molecule has 0 spiro atoms. The van der Waals surface area contributed by atoms with Crippen molar-refractivity contribution in [3.63, 3.8) is 0 Å². The molecule has 1 saturated carbocycles. The third kappa shape index (κ3) is 4.08. The van der Waals surface area contributed by atoms with E-state index < -0.39 is 0 Å². The van der Waals surface area contributed by atoms with Crippen LogP contribution in [0.3, 0.4) is 0 Å². The lowest BCUT2D eigenvalue weighted by Gasteiger charge is -2.11. The first-order valence-corrected chi connectivity index (χ1v) is 8.83. The molecule has 0 unspecified atom stereocenters. The minimum Gasteiger partial charge on any atom is -0.375 e. The van der Waals surface area contributed by atoms with Gasteiger partial charge in [-0.05, 0) is 50.5 Å². The smallest absolute Gasteiger partial charge is 0.254 e. The fraction of sp³-hybridized carbons (Fsp3) is 0.625. The average molecular weight is 322 g/mol. The van der Waals surface area contributed by atoms with Crippen LogP contribution in [0.15, 0.2) is 11.4 Å². The summed E-state index contributed by atoms with van der Waals surface area (Å²) < 4.78 is 5.72. The molecule has 0 bridgehead atoms. The van der Waals surface area contributed by atoms with Crippen LogP contribution < -0.4 is 10.6 Å². The van der Waals surface area contributed by atoms with Gasteiger partial charge in [0, 0.05) is 12.5 Å². The Bertz CT molecular complexity index is 553. The zero-order chi connectivity index (χ0) is 15.5. The number of hydrogen-bond donors (Lipinski definition) is 2. The molecule has 2 amide bonds. The van der Waals surface area contributed by atoms with Crippen LogP contribution in [0, 0.1) is 0 Å². The highest BCUT2D eigenvalue weighted by Crippen LogP contribution is 2.27. The number of ether oxygens (including phenoxy) is 1. The molecule has 2 aliphatic rings. The standard InChI is InChI=1S/C16H22N2O3S/c1-10-2-5-12(21-10)6-7-14(19)18-16-13(8-9-22-16)15(20)17-11-3-4-11/h8-12H,2-7H2,1H3,(H,17,20)(H,18,19)/t10-,12-/m1/s1. The van der Waals surface area contributed by atoms with E-state index in [1.807, 2.05) is 5.38 Å². The second-order valence-corrected chi connectivity index (χ2v) is 7.06. The fourth-order valence-corrected chi connectivity index (χ4v) is 3.46. The van der Waals surface area contributed by atoms with Gasteiger partial charge in [-0.3, -0.25) is 9.59 Å². The first-order chi connectivity index (χ1) is 10.6. The van der Waals surface area contributed by atoms with Crippen LogP contribution in [0.4, 0.5) is 5.00 Å². The van der Waals surface area contributed by atoms with E-state index in [4.69, 9.17) is 4.74 Å². The predicted molar refractivity (Wildman–Crippen MR) is 86.2 cm³/mol. The Kier molecular flexibility index (Phi) is 4.78. The van der Waals surface area contributed by atoms with Crippen molar-refractivity contribution in [2.75, 3.05) is 5.32 Å². The van der Waals surface area contributed by atoms with E-state index in [2.05, 4.69) is 17.6 Å². The quantitative estimate of drug-likeness (QED) is 0.846. The summed E-state index contributed by atoms with van der Waals surface area (Å²) in [6, 6.07) is 2.08. The van der Waals surface area contributed by atoms with Crippen molar-refractivity contribution in [2.45, 2.75) is 63.7 Å². The number of anilines is 1. The second-order valence-electron chi connectivity index (χ2n) is 6.14. The van der Waals surface area contributed by atoms with Gasteiger partial charge in [-0.1, -0.05) is 0 Å². The minimum absolute atomic E-state index is 0.0499. The SMILES string of the molecule is C[C@@H]1CC[C@H](CCC(=O)Nc2sccc2C(=O)NC2CC2)O1. The Balaban J connectivity index is 1.48. The van der Waals surface area contributed by atoms with Crippen LogP contribution >= 0.6 is 11.3 Å². The molecule has 2 N–H and O–H groups in total. The van der Waals surface area contributed by atoms with Crippen LogP contribution in [0.2, 0.25) is 0 Å². The Morgan fingerprint density at radius 2 is 2.14 bits per heavy atom. The third-order valence-electron chi connectivity index (χ3n) is 4.09. The van der Waals surface area contributed by atoms with Gasteiger partial charge in [0.15, 0.2) is 0 Å². The van der Waals surface area contributed by atoms with E-state index in [1.54, 1.807) is 6.07 Å². The maximum Gasteiger partial charge on any atom is 0.254 e. The maximum atomic E-state index is 12.1. The molecule has 2 heterocycles. The minimum atomic E-state index is -0.0907. The molecule has 1 aromatic rings. The van der Waals surface area contributed by atoms with E-state index in [-0.39, 0.29) is 17.9 Å². The Morgan fingerprint density at radius 3 is 2.82 bits per heavy atom. The predicted octanol–water partition coefficient (Wildman–Crippen LogP) is 2.93. The summed E-state index contributed by atoms with van der Waals surface area (Å²) in [6.45, 7) is 2.07. The van der Waals surface area contributed by atoms with Crippen LogP contribution in [-0.2, 0) is 9.53 Å². The molecular weight excluding hydrogens is 300 g/mol. The van der Waals surface area contributed by atoms with Crippen molar-refractivity contribution in [3.8, 4) is 0 Å². The Labute approximate surface area is 134 Å². The molecular formula is C16H22N2O3S. The third-order valence-corrected chi connectivity index (χ3v) is 4.92. The summed E-state index contributed by atoms with van der Waals surface area (Å²) in [4.78, 5) is 24.2. The molecule has 22 heavy (non-hydrogen) atoms. The molecule has 1 aliphatic heterocycles. The topological polar surface area (TPSA) is 67.4 Å². The van der Waals surface area contributed by atoms with Gasteiger partial charge in [-0.2, -0.15) is 0 Å². The number of amides is 2. The number of carbonyl (C=O) groups is 2. The molecule has 0 aromatic carbocycles. The molecule has 1 aliphatic carbocycles. The van der Waals surface area contributed by atoms with Crippen LogP contribution in [0.1, 0.15) is 55.8 Å². The zero-order valence-electron chi connectivity index (χ0n) is 12.8. The van der Waals surface area contributed by atoms with Crippen molar-refractivity contribution in [1.29, 1.82) is 0 Å². The van der Waals surface area contributed by atoms with Crippen LogP contribution in [0.5, 0.6) is 0 Å². The summed E-state index contributed by atoms with van der Waals surface area (Å²) in [7, 11) is 0. The van der Waals surface area contributed by atoms with E-state index in [9.17, 15) is 9.59 Å². The molecule has 0 radical (unpaired) electrons. The molecule has 120 valence electrons. The number of hydrogen-bond acceptors (Lipinski definition) is 4. The second kappa shape index (κ2) is 6.79. The monoisotopic (exact) mass is 322 g/mol. The van der Waals surface area contributed by atoms with Crippen LogP contribution in [0.25, 0.3) is 0 Å². The van der Waals surface area contributed by atoms with E-state index in [0.29, 0.717) is 29.1 Å². The summed E-state index contributed by atoms with van der Waals surface area (Å²) in [5, 5.41) is 8.29. The van der Waals surface area contributed by atoms with Crippen molar-refractivity contribution in [2.24, 2.45) is 0 Å². The van der Waals surface area contributed by atoms with E-state index >= 15 is 0 Å². The molecule has 1 aromatic heterocycles. The maximum absolute atomic E-state index is 12.1. The summed E-state index contributed by atoms with van der Waals surface area (Å²) in [5.74, 6) is -0.141. The largest absolute Gasteiger partial charge is 0.375 e. The van der Waals surface area contributed by atoms with E-state index in [1.165, 1.54) is 11.3 Å². The highest BCUT2D eigenvalue weighted by atomic mass is 32.1. The zero-order valence-corrected chi connectivity index (χ0v) is 13.6. The lowest BCUT2D eigenvalue weighted by Crippen LogP contribution is -2.26. The van der Waals surface area contributed by atoms with Gasteiger partial charge in [0.25, 0.3) is 5.91 Å². The van der Waals surface area contributed by atoms with Crippen molar-refractivity contribution >= 4 is 28.2 Å². The average Bonchev–Trinajstić information content (AvgIpc) is 3.00. The summed E-state index contributed by atoms with van der Waals surface area (Å²) in [6.07, 6.45) is 5.88. The summed E-state index contributed by atoms with van der Waals surface area (Å²) in [5.41, 5.74) is 0.566. The first-order valence-electron chi connectivity index (χ1n) is 7.95. The first kappa shape index (κ1) is 15.5. The number of carbonyl (C=O) groups excluding carboxylic acids is 2. The Hall–Kier alpha value is -1.40. The normalized spacial score (nSPS) is 24.2. The van der Waals surface area contributed by atoms with E-state index in [0.717, 1.165) is 32.1 Å². The fourth-order valence-electron chi connectivity index (χ4n) is 2.65. The van der Waals surface area contributed by atoms with Crippen molar-refractivity contribution in [1.82, 2.24) is 5.32 Å². The lowest BCUT2D eigenvalue weighted by molar-refractivity contribution is -0.116. The van der Waals surface area contributed by atoms with Gasteiger partial charge in [-0.15, -0.1) is 11.3 Å². The van der Waals surface area contributed by atoms with Gasteiger partial charge in [0.2, 0.25) is 5.91 Å². The highest BCUT2D eigenvalue weighted by molar-refractivity contribution is 7.14. The van der Waals surface area contributed by atoms with Gasteiger partial charge in [0.1, 0.15) is 5.00 Å². The molecule has 5 nitrogen and oxygen atoms in total.